The van der Waals surface area contributed by atoms with Gasteiger partial charge < -0.3 is 9.73 Å². The minimum atomic E-state index is -3.89. The van der Waals surface area contributed by atoms with Crippen molar-refractivity contribution in [2.75, 3.05) is 19.4 Å². The largest absolute Gasteiger partial charge is 0.431 e. The SMILES string of the molecule is Cc1ccc(C2(C)CC2)cc1Nc1nc(C(=O)NS(=O)(=O)N(C)C)co1. The molecule has 1 heterocycles. The smallest absolute Gasteiger partial charge is 0.303 e. The second-order valence-electron chi connectivity index (χ2n) is 6.97. The zero-order valence-electron chi connectivity index (χ0n) is 15.2. The summed E-state index contributed by atoms with van der Waals surface area (Å²) in [6.45, 7) is 4.18. The zero-order valence-corrected chi connectivity index (χ0v) is 16.0. The predicted octanol–water partition coefficient (Wildman–Crippen LogP) is 2.31. The highest BCUT2D eigenvalue weighted by atomic mass is 32.2. The fraction of sp³-hybridized carbons (Fsp3) is 0.412. The first-order valence-electron chi connectivity index (χ1n) is 8.19. The number of nitrogens with zero attached hydrogens (tertiary/aromatic N) is 2. The molecule has 0 radical (unpaired) electrons. The summed E-state index contributed by atoms with van der Waals surface area (Å²) >= 11 is 0. The van der Waals surface area contributed by atoms with E-state index in [2.05, 4.69) is 29.4 Å². The minimum absolute atomic E-state index is 0.124. The Bertz CT molecular complexity index is 945. The van der Waals surface area contributed by atoms with E-state index in [1.165, 1.54) is 32.5 Å². The van der Waals surface area contributed by atoms with E-state index in [0.717, 1.165) is 21.8 Å². The van der Waals surface area contributed by atoms with Gasteiger partial charge in [-0.2, -0.15) is 17.7 Å². The second kappa shape index (κ2) is 6.40. The molecule has 0 saturated heterocycles. The van der Waals surface area contributed by atoms with E-state index in [1.54, 1.807) is 0 Å². The van der Waals surface area contributed by atoms with Gasteiger partial charge in [0.1, 0.15) is 6.26 Å². The van der Waals surface area contributed by atoms with E-state index in [4.69, 9.17) is 4.42 Å². The molecule has 0 atom stereocenters. The van der Waals surface area contributed by atoms with Gasteiger partial charge in [0.2, 0.25) is 0 Å². The highest BCUT2D eigenvalue weighted by Crippen LogP contribution is 2.48. The van der Waals surface area contributed by atoms with E-state index >= 15 is 0 Å². The van der Waals surface area contributed by atoms with E-state index < -0.39 is 16.1 Å². The quantitative estimate of drug-likeness (QED) is 0.799. The van der Waals surface area contributed by atoms with E-state index in [9.17, 15) is 13.2 Å². The number of aryl methyl sites for hydroxylation is 1. The summed E-state index contributed by atoms with van der Waals surface area (Å²) in [5, 5.41) is 3.06. The number of anilines is 2. The predicted molar refractivity (Wildman–Crippen MR) is 97.6 cm³/mol. The molecule has 0 bridgehead atoms. The van der Waals surface area contributed by atoms with Crippen molar-refractivity contribution < 1.29 is 17.6 Å². The molecule has 140 valence electrons. The number of aromatic nitrogens is 1. The second-order valence-corrected chi connectivity index (χ2v) is 8.86. The van der Waals surface area contributed by atoms with Crippen LogP contribution < -0.4 is 10.0 Å². The average molecular weight is 378 g/mol. The first-order valence-corrected chi connectivity index (χ1v) is 9.63. The summed E-state index contributed by atoms with van der Waals surface area (Å²) in [7, 11) is -1.24. The number of benzene rings is 1. The maximum Gasteiger partial charge on any atom is 0.303 e. The molecule has 9 heteroatoms. The van der Waals surface area contributed by atoms with Crippen LogP contribution in [0.4, 0.5) is 11.7 Å². The maximum absolute atomic E-state index is 12.0. The number of oxazole rings is 1. The molecule has 0 unspecified atom stereocenters. The van der Waals surface area contributed by atoms with Gasteiger partial charge in [-0.05, 0) is 42.4 Å². The zero-order chi connectivity index (χ0) is 19.1. The molecule has 3 rings (SSSR count). The molecule has 1 saturated carbocycles. The third kappa shape index (κ3) is 3.73. The van der Waals surface area contributed by atoms with Gasteiger partial charge in [0, 0.05) is 19.8 Å². The molecular formula is C17H22N4O4S. The lowest BCUT2D eigenvalue weighted by molar-refractivity contribution is 0.0975. The first kappa shape index (κ1) is 18.4. The summed E-state index contributed by atoms with van der Waals surface area (Å²) in [5.41, 5.74) is 3.20. The molecular weight excluding hydrogens is 356 g/mol. The van der Waals surface area contributed by atoms with Crippen molar-refractivity contribution in [1.29, 1.82) is 0 Å². The Morgan fingerprint density at radius 3 is 2.62 bits per heavy atom. The summed E-state index contributed by atoms with van der Waals surface area (Å²) < 4.78 is 31.5. The topological polar surface area (TPSA) is 105 Å². The maximum atomic E-state index is 12.0. The van der Waals surface area contributed by atoms with Crippen LogP contribution in [0.3, 0.4) is 0 Å². The fourth-order valence-electron chi connectivity index (χ4n) is 2.42. The number of hydrogen-bond acceptors (Lipinski definition) is 6. The lowest BCUT2D eigenvalue weighted by atomic mass is 9.96. The summed E-state index contributed by atoms with van der Waals surface area (Å²) in [4.78, 5) is 16.0. The summed E-state index contributed by atoms with van der Waals surface area (Å²) in [5.74, 6) is -0.855. The van der Waals surface area contributed by atoms with E-state index in [-0.39, 0.29) is 17.1 Å². The van der Waals surface area contributed by atoms with Crippen molar-refractivity contribution in [3.8, 4) is 0 Å². The van der Waals surface area contributed by atoms with Crippen molar-refractivity contribution >= 4 is 27.8 Å². The van der Waals surface area contributed by atoms with Gasteiger partial charge >= 0.3 is 10.2 Å². The van der Waals surface area contributed by atoms with Crippen LogP contribution in [0.15, 0.2) is 28.9 Å². The molecule has 1 amide bonds. The lowest BCUT2D eigenvalue weighted by Crippen LogP contribution is -2.39. The van der Waals surface area contributed by atoms with Gasteiger partial charge in [0.05, 0.1) is 0 Å². The monoisotopic (exact) mass is 378 g/mol. The molecule has 1 aliphatic carbocycles. The van der Waals surface area contributed by atoms with Crippen LogP contribution in [0.5, 0.6) is 0 Å². The molecule has 1 aromatic heterocycles. The van der Waals surface area contributed by atoms with Crippen LogP contribution >= 0.6 is 0 Å². The molecule has 26 heavy (non-hydrogen) atoms. The Hall–Kier alpha value is -2.39. The molecule has 2 aromatic rings. The van der Waals surface area contributed by atoms with Gasteiger partial charge in [-0.3, -0.25) is 4.79 Å². The van der Waals surface area contributed by atoms with Crippen molar-refractivity contribution in [3.05, 3.63) is 41.3 Å². The molecule has 8 nitrogen and oxygen atoms in total. The Labute approximate surface area is 152 Å². The summed E-state index contributed by atoms with van der Waals surface area (Å²) in [6, 6.07) is 6.33. The van der Waals surface area contributed by atoms with Crippen LogP contribution in [0.2, 0.25) is 0 Å². The average Bonchev–Trinajstić information content (AvgIpc) is 3.13. The van der Waals surface area contributed by atoms with E-state index in [0.29, 0.717) is 0 Å². The Kier molecular flexibility index (Phi) is 4.53. The van der Waals surface area contributed by atoms with Crippen LogP contribution in [0, 0.1) is 6.92 Å². The standard InChI is InChI=1S/C17H22N4O4S/c1-11-5-6-12(17(2)7-8-17)9-13(11)18-16-19-14(10-25-16)15(22)20-26(23,24)21(3)4/h5-6,9-10H,7-8H2,1-4H3,(H,18,19)(H,20,22). The van der Waals surface area contributed by atoms with Crippen molar-refractivity contribution in [1.82, 2.24) is 14.0 Å². The van der Waals surface area contributed by atoms with Crippen molar-refractivity contribution in [3.63, 3.8) is 0 Å². The van der Waals surface area contributed by atoms with Crippen LogP contribution in [-0.4, -0.2) is 37.7 Å². The van der Waals surface area contributed by atoms with Crippen LogP contribution in [-0.2, 0) is 15.6 Å². The number of carbonyl (C=O) groups is 1. The van der Waals surface area contributed by atoms with Gasteiger partial charge in [0.25, 0.3) is 11.9 Å². The summed E-state index contributed by atoms with van der Waals surface area (Å²) in [6.07, 6.45) is 3.45. The fourth-order valence-corrected chi connectivity index (χ4v) is 2.94. The molecule has 0 aliphatic heterocycles. The third-order valence-electron chi connectivity index (χ3n) is 4.62. The van der Waals surface area contributed by atoms with Crippen LogP contribution in [0.25, 0.3) is 0 Å². The van der Waals surface area contributed by atoms with Gasteiger partial charge in [0.15, 0.2) is 5.69 Å². The first-order chi connectivity index (χ1) is 12.1. The highest BCUT2D eigenvalue weighted by molar-refractivity contribution is 7.87. The van der Waals surface area contributed by atoms with Gasteiger partial charge in [-0.25, -0.2) is 4.72 Å². The van der Waals surface area contributed by atoms with Gasteiger partial charge in [-0.1, -0.05) is 19.1 Å². The molecule has 1 aliphatic rings. The molecule has 2 N–H and O–H groups in total. The molecule has 1 fully saturated rings. The Balaban J connectivity index is 1.76. The van der Waals surface area contributed by atoms with Gasteiger partial charge in [-0.15, -0.1) is 0 Å². The van der Waals surface area contributed by atoms with Crippen LogP contribution in [0.1, 0.15) is 41.4 Å². The number of rotatable bonds is 6. The third-order valence-corrected chi connectivity index (χ3v) is 6.02. The van der Waals surface area contributed by atoms with Crippen molar-refractivity contribution in [2.45, 2.75) is 32.1 Å². The molecule has 1 aromatic carbocycles. The van der Waals surface area contributed by atoms with Crippen molar-refractivity contribution in [2.24, 2.45) is 0 Å². The number of amides is 1. The normalized spacial score (nSPS) is 15.7. The minimum Gasteiger partial charge on any atom is -0.431 e. The number of carbonyl (C=O) groups excluding carboxylic acids is 1. The Morgan fingerprint density at radius 1 is 1.31 bits per heavy atom. The Morgan fingerprint density at radius 2 is 2.00 bits per heavy atom. The highest BCUT2D eigenvalue weighted by Gasteiger charge is 2.39. The molecule has 0 spiro atoms. The number of hydrogen-bond donors (Lipinski definition) is 2. The lowest BCUT2D eigenvalue weighted by Gasteiger charge is -2.13. The van der Waals surface area contributed by atoms with E-state index in [1.807, 2.05) is 17.7 Å². The number of nitrogens with one attached hydrogen (secondary N) is 2.